The Morgan fingerprint density at radius 2 is 1.75 bits per heavy atom. The Labute approximate surface area is 184 Å². The number of aromatic amines is 1. The first-order valence-electron chi connectivity index (χ1n) is 10.0. The molecule has 1 unspecified atom stereocenters. The second-order valence-corrected chi connectivity index (χ2v) is 7.24. The lowest BCUT2D eigenvalue weighted by Gasteiger charge is -2.22. The third kappa shape index (κ3) is 3.89. The number of benzene rings is 3. The van der Waals surface area contributed by atoms with Crippen LogP contribution in [-0.2, 0) is 0 Å². The van der Waals surface area contributed by atoms with E-state index in [-0.39, 0.29) is 18.0 Å². The predicted octanol–water partition coefficient (Wildman–Crippen LogP) is 5.03. The minimum Gasteiger partial charge on any atom is -0.493 e. The molecular weight excluding hydrogens is 414 g/mol. The van der Waals surface area contributed by atoms with Crippen molar-refractivity contribution in [3.8, 4) is 11.5 Å². The molecule has 0 aliphatic heterocycles. The van der Waals surface area contributed by atoms with Crippen molar-refractivity contribution in [1.29, 1.82) is 0 Å². The van der Waals surface area contributed by atoms with E-state index >= 15 is 0 Å². The molecule has 1 heterocycles. The molecule has 4 rings (SSSR count). The van der Waals surface area contributed by atoms with Gasteiger partial charge in [-0.25, -0.2) is 8.78 Å². The van der Waals surface area contributed by atoms with Gasteiger partial charge >= 0.3 is 0 Å². The minimum atomic E-state index is -1.17. The molecule has 0 aliphatic rings. The highest BCUT2D eigenvalue weighted by Crippen LogP contribution is 2.40. The highest BCUT2D eigenvalue weighted by Gasteiger charge is 2.25. The number of ether oxygens (including phenoxy) is 2. The molecule has 0 bridgehead atoms. The number of carbonyl (C=O) groups is 1. The van der Waals surface area contributed by atoms with Gasteiger partial charge < -0.3 is 19.8 Å². The summed E-state index contributed by atoms with van der Waals surface area (Å²) in [5, 5.41) is 3.73. The fourth-order valence-corrected chi connectivity index (χ4v) is 3.93. The van der Waals surface area contributed by atoms with Crippen LogP contribution in [-0.4, -0.2) is 31.7 Å². The topological polar surface area (TPSA) is 63.3 Å². The summed E-state index contributed by atoms with van der Waals surface area (Å²) in [5.41, 5.74) is 2.31. The summed E-state index contributed by atoms with van der Waals surface area (Å²) in [5.74, 6) is -2.20. The maximum Gasteiger partial charge on any atom is 0.254 e. The Balaban J connectivity index is 1.75. The second-order valence-electron chi connectivity index (χ2n) is 7.24. The number of hydrogen-bond acceptors (Lipinski definition) is 3. The lowest BCUT2D eigenvalue weighted by Crippen LogP contribution is -2.30. The molecule has 1 atom stereocenters. The summed E-state index contributed by atoms with van der Waals surface area (Å²) in [7, 11) is 3.10. The Hall–Kier alpha value is -3.87. The maximum atomic E-state index is 14.1. The molecule has 0 saturated carbocycles. The first-order valence-corrected chi connectivity index (χ1v) is 10.0. The van der Waals surface area contributed by atoms with Gasteiger partial charge in [-0.15, -0.1) is 0 Å². The largest absolute Gasteiger partial charge is 0.493 e. The lowest BCUT2D eigenvalue weighted by molar-refractivity contribution is 0.0947. The number of amides is 1. The first kappa shape index (κ1) is 21.4. The zero-order chi connectivity index (χ0) is 22.7. The van der Waals surface area contributed by atoms with E-state index in [1.54, 1.807) is 20.3 Å². The monoisotopic (exact) mass is 436 g/mol. The van der Waals surface area contributed by atoms with Gasteiger partial charge in [0, 0.05) is 35.1 Å². The number of rotatable bonds is 7. The van der Waals surface area contributed by atoms with Gasteiger partial charge in [-0.2, -0.15) is 0 Å². The molecule has 1 amide bonds. The highest BCUT2D eigenvalue weighted by atomic mass is 19.2. The van der Waals surface area contributed by atoms with Crippen LogP contribution in [0, 0.1) is 11.6 Å². The summed E-state index contributed by atoms with van der Waals surface area (Å²) in [6, 6.07) is 16.8. The molecule has 0 aliphatic carbocycles. The SMILES string of the molecule is COc1cccc(C(CNC(=O)c2cccc(F)c2F)c2c[nH]c3ccccc23)c1OC. The fraction of sp³-hybridized carbons (Fsp3) is 0.160. The molecule has 0 radical (unpaired) electrons. The van der Waals surface area contributed by atoms with E-state index in [4.69, 9.17) is 9.47 Å². The van der Waals surface area contributed by atoms with Gasteiger partial charge in [-0.05, 0) is 29.8 Å². The van der Waals surface area contributed by atoms with Gasteiger partial charge in [-0.3, -0.25) is 4.79 Å². The van der Waals surface area contributed by atoms with E-state index in [0.29, 0.717) is 11.5 Å². The average Bonchev–Trinajstić information content (AvgIpc) is 3.24. The molecular formula is C25H22F2N2O3. The van der Waals surface area contributed by atoms with E-state index in [2.05, 4.69) is 10.3 Å². The molecule has 32 heavy (non-hydrogen) atoms. The average molecular weight is 436 g/mol. The van der Waals surface area contributed by atoms with Crippen LogP contribution in [0.3, 0.4) is 0 Å². The third-order valence-corrected chi connectivity index (χ3v) is 5.47. The Morgan fingerprint density at radius 3 is 2.53 bits per heavy atom. The first-order chi connectivity index (χ1) is 15.5. The smallest absolute Gasteiger partial charge is 0.254 e. The van der Waals surface area contributed by atoms with E-state index in [0.717, 1.165) is 28.1 Å². The van der Waals surface area contributed by atoms with Crippen LogP contribution in [0.4, 0.5) is 8.78 Å². The van der Waals surface area contributed by atoms with Crippen molar-refractivity contribution in [3.05, 3.63) is 95.2 Å². The highest BCUT2D eigenvalue weighted by molar-refractivity contribution is 5.94. The molecule has 3 aromatic carbocycles. The number of nitrogens with one attached hydrogen (secondary N) is 2. The molecule has 4 aromatic rings. The minimum absolute atomic E-state index is 0.125. The van der Waals surface area contributed by atoms with Crippen molar-refractivity contribution in [2.45, 2.75) is 5.92 Å². The van der Waals surface area contributed by atoms with Gasteiger partial charge in [0.1, 0.15) is 0 Å². The van der Waals surface area contributed by atoms with Gasteiger partial charge in [0.25, 0.3) is 5.91 Å². The number of H-pyrrole nitrogens is 1. The molecule has 5 nitrogen and oxygen atoms in total. The van der Waals surface area contributed by atoms with Crippen molar-refractivity contribution in [1.82, 2.24) is 10.3 Å². The maximum absolute atomic E-state index is 14.1. The number of methoxy groups -OCH3 is 2. The number of carbonyl (C=O) groups excluding carboxylic acids is 1. The third-order valence-electron chi connectivity index (χ3n) is 5.47. The summed E-state index contributed by atoms with van der Waals surface area (Å²) >= 11 is 0. The zero-order valence-electron chi connectivity index (χ0n) is 17.6. The van der Waals surface area contributed by atoms with E-state index in [1.165, 1.54) is 12.1 Å². The number of hydrogen-bond donors (Lipinski definition) is 2. The van der Waals surface area contributed by atoms with Crippen LogP contribution in [0.5, 0.6) is 11.5 Å². The second kappa shape index (κ2) is 9.09. The van der Waals surface area contributed by atoms with Gasteiger partial charge in [-0.1, -0.05) is 36.4 Å². The van der Waals surface area contributed by atoms with E-state index < -0.39 is 17.5 Å². The Kier molecular flexibility index (Phi) is 6.07. The van der Waals surface area contributed by atoms with Crippen molar-refractivity contribution >= 4 is 16.8 Å². The van der Waals surface area contributed by atoms with Crippen LogP contribution < -0.4 is 14.8 Å². The van der Waals surface area contributed by atoms with Gasteiger partial charge in [0.2, 0.25) is 0 Å². The molecule has 0 saturated heterocycles. The summed E-state index contributed by atoms with van der Waals surface area (Å²) in [6.45, 7) is 0.125. The normalized spacial score (nSPS) is 11.9. The van der Waals surface area contributed by atoms with E-state index in [1.807, 2.05) is 42.6 Å². The van der Waals surface area contributed by atoms with Crippen LogP contribution in [0.2, 0.25) is 0 Å². The van der Waals surface area contributed by atoms with Crippen molar-refractivity contribution in [2.24, 2.45) is 0 Å². The summed E-state index contributed by atoms with van der Waals surface area (Å²) in [4.78, 5) is 15.9. The van der Waals surface area contributed by atoms with Crippen molar-refractivity contribution in [3.63, 3.8) is 0 Å². The summed E-state index contributed by atoms with van der Waals surface area (Å²) in [6.07, 6.45) is 1.88. The summed E-state index contributed by atoms with van der Waals surface area (Å²) < 4.78 is 38.8. The predicted molar refractivity (Wildman–Crippen MR) is 118 cm³/mol. The number of halogens is 2. The van der Waals surface area contributed by atoms with Gasteiger partial charge in [0.05, 0.1) is 19.8 Å². The molecule has 1 aromatic heterocycles. The lowest BCUT2D eigenvalue weighted by atomic mass is 9.89. The molecule has 164 valence electrons. The molecule has 0 spiro atoms. The van der Waals surface area contributed by atoms with Crippen LogP contribution in [0.15, 0.2) is 66.9 Å². The standard InChI is InChI=1S/C25H22F2N2O3/c1-31-22-12-6-8-16(24(22)32-2)19(18-13-28-21-11-4-3-7-15(18)21)14-29-25(30)17-9-5-10-20(26)23(17)27/h3-13,19,28H,14H2,1-2H3,(H,29,30). The van der Waals surface area contributed by atoms with Crippen LogP contribution in [0.25, 0.3) is 10.9 Å². The quantitative estimate of drug-likeness (QED) is 0.427. The number of fused-ring (bicyclic) bond motifs is 1. The molecule has 2 N–H and O–H groups in total. The number of aromatic nitrogens is 1. The fourth-order valence-electron chi connectivity index (χ4n) is 3.93. The molecule has 0 fully saturated rings. The van der Waals surface area contributed by atoms with Crippen LogP contribution >= 0.6 is 0 Å². The Morgan fingerprint density at radius 1 is 0.969 bits per heavy atom. The Bertz CT molecular complexity index is 1270. The van der Waals surface area contributed by atoms with E-state index in [9.17, 15) is 13.6 Å². The van der Waals surface area contributed by atoms with Crippen LogP contribution in [0.1, 0.15) is 27.4 Å². The van der Waals surface area contributed by atoms with Gasteiger partial charge in [0.15, 0.2) is 23.1 Å². The van der Waals surface area contributed by atoms with Crippen molar-refractivity contribution in [2.75, 3.05) is 20.8 Å². The zero-order valence-corrected chi connectivity index (χ0v) is 17.6. The number of para-hydroxylation sites is 2. The van der Waals surface area contributed by atoms with Crippen molar-refractivity contribution < 1.29 is 23.0 Å². The molecule has 7 heteroatoms.